The van der Waals surface area contributed by atoms with Crippen LogP contribution in [-0.2, 0) is 6.54 Å². The lowest BCUT2D eigenvalue weighted by Crippen LogP contribution is -1.99. The fourth-order valence-corrected chi connectivity index (χ4v) is 2.81. The number of carboxylic acids is 1. The monoisotopic (exact) mass is 292 g/mol. The SMILES string of the molecule is CSCCCCCCn1cnc2c(C(=O)O)cccc21. The molecule has 108 valence electrons. The number of aromatic nitrogens is 2. The number of carbonyl (C=O) groups is 1. The molecule has 5 heteroatoms. The number of hydrogen-bond acceptors (Lipinski definition) is 3. The Morgan fingerprint density at radius 2 is 2.10 bits per heavy atom. The van der Waals surface area contributed by atoms with Gasteiger partial charge in [-0.15, -0.1) is 0 Å². The lowest BCUT2D eigenvalue weighted by molar-refractivity contribution is 0.0699. The summed E-state index contributed by atoms with van der Waals surface area (Å²) in [5.74, 6) is 0.314. The van der Waals surface area contributed by atoms with Gasteiger partial charge in [0, 0.05) is 6.54 Å². The van der Waals surface area contributed by atoms with Crippen molar-refractivity contribution < 1.29 is 9.90 Å². The van der Waals surface area contributed by atoms with Crippen molar-refractivity contribution in [2.75, 3.05) is 12.0 Å². The zero-order valence-corrected chi connectivity index (χ0v) is 12.5. The largest absolute Gasteiger partial charge is 0.478 e. The van der Waals surface area contributed by atoms with Crippen LogP contribution >= 0.6 is 11.8 Å². The molecule has 0 amide bonds. The highest BCUT2D eigenvalue weighted by atomic mass is 32.2. The van der Waals surface area contributed by atoms with Crippen molar-refractivity contribution in [3.8, 4) is 0 Å². The third kappa shape index (κ3) is 3.54. The molecule has 0 fully saturated rings. The van der Waals surface area contributed by atoms with E-state index in [0.29, 0.717) is 5.52 Å². The van der Waals surface area contributed by atoms with E-state index in [1.54, 1.807) is 18.5 Å². The summed E-state index contributed by atoms with van der Waals surface area (Å²) in [6.07, 6.45) is 8.73. The predicted octanol–water partition coefficient (Wildman–Crippen LogP) is 3.66. The lowest BCUT2D eigenvalue weighted by atomic mass is 10.2. The van der Waals surface area contributed by atoms with Gasteiger partial charge in [0.25, 0.3) is 0 Å². The molecule has 0 radical (unpaired) electrons. The molecule has 1 heterocycles. The second-order valence-corrected chi connectivity index (χ2v) is 5.81. The molecule has 0 spiro atoms. The van der Waals surface area contributed by atoms with Crippen LogP contribution in [0.5, 0.6) is 0 Å². The number of unbranched alkanes of at least 4 members (excludes halogenated alkanes) is 3. The van der Waals surface area contributed by atoms with Crippen LogP contribution in [0.25, 0.3) is 11.0 Å². The minimum atomic E-state index is -0.919. The minimum Gasteiger partial charge on any atom is -0.478 e. The molecule has 0 aliphatic heterocycles. The Morgan fingerprint density at radius 3 is 2.85 bits per heavy atom. The molecule has 0 saturated carbocycles. The minimum absolute atomic E-state index is 0.279. The van der Waals surface area contributed by atoms with Crippen LogP contribution in [0.15, 0.2) is 24.5 Å². The van der Waals surface area contributed by atoms with E-state index in [1.165, 1.54) is 25.0 Å². The van der Waals surface area contributed by atoms with Crippen molar-refractivity contribution in [1.82, 2.24) is 9.55 Å². The number of aromatic carboxylic acids is 1. The number of imidazole rings is 1. The van der Waals surface area contributed by atoms with Crippen molar-refractivity contribution in [1.29, 1.82) is 0 Å². The number of benzene rings is 1. The summed E-state index contributed by atoms with van der Waals surface area (Å²) >= 11 is 1.89. The average Bonchev–Trinajstić information content (AvgIpc) is 2.85. The predicted molar refractivity (Wildman–Crippen MR) is 83.5 cm³/mol. The Kier molecular flexibility index (Phi) is 5.47. The van der Waals surface area contributed by atoms with Crippen LogP contribution in [0, 0.1) is 0 Å². The summed E-state index contributed by atoms with van der Waals surface area (Å²) in [7, 11) is 0. The van der Waals surface area contributed by atoms with E-state index in [0.717, 1.165) is 18.5 Å². The topological polar surface area (TPSA) is 55.1 Å². The molecule has 20 heavy (non-hydrogen) atoms. The molecule has 4 nitrogen and oxygen atoms in total. The number of fused-ring (bicyclic) bond motifs is 1. The van der Waals surface area contributed by atoms with Crippen LogP contribution in [0.2, 0.25) is 0 Å². The van der Waals surface area contributed by atoms with Crippen molar-refractivity contribution in [2.24, 2.45) is 0 Å². The molecular weight excluding hydrogens is 272 g/mol. The molecule has 2 rings (SSSR count). The van der Waals surface area contributed by atoms with Crippen LogP contribution in [-0.4, -0.2) is 32.6 Å². The molecule has 1 aromatic carbocycles. The molecule has 1 aromatic heterocycles. The summed E-state index contributed by atoms with van der Waals surface area (Å²) < 4.78 is 2.05. The van der Waals surface area contributed by atoms with E-state index in [9.17, 15) is 4.79 Å². The van der Waals surface area contributed by atoms with Gasteiger partial charge in [-0.1, -0.05) is 18.9 Å². The first kappa shape index (κ1) is 14.9. The smallest absolute Gasteiger partial charge is 0.337 e. The van der Waals surface area contributed by atoms with Crippen molar-refractivity contribution in [2.45, 2.75) is 32.2 Å². The highest BCUT2D eigenvalue weighted by Gasteiger charge is 2.11. The number of hydrogen-bond donors (Lipinski definition) is 1. The number of carboxylic acid groups (broad SMARTS) is 1. The molecule has 2 aromatic rings. The first-order chi connectivity index (χ1) is 9.74. The molecule has 0 saturated heterocycles. The standard InChI is InChI=1S/C15H20N2O2S/c1-20-10-5-3-2-4-9-17-11-16-14-12(15(18)19)7-6-8-13(14)17/h6-8,11H,2-5,9-10H2,1H3,(H,18,19). The van der Waals surface area contributed by atoms with Gasteiger partial charge in [0.1, 0.15) is 5.52 Å². The summed E-state index contributed by atoms with van der Waals surface area (Å²) in [5, 5.41) is 9.14. The van der Waals surface area contributed by atoms with Gasteiger partial charge in [0.05, 0.1) is 17.4 Å². The normalized spacial score (nSPS) is 11.1. The molecule has 0 bridgehead atoms. The molecular formula is C15H20N2O2S. The summed E-state index contributed by atoms with van der Waals surface area (Å²) in [6.45, 7) is 0.902. The van der Waals surface area contributed by atoms with Gasteiger partial charge >= 0.3 is 5.97 Å². The van der Waals surface area contributed by atoms with Gasteiger partial charge in [0.2, 0.25) is 0 Å². The van der Waals surface area contributed by atoms with Crippen LogP contribution in [0.1, 0.15) is 36.0 Å². The van der Waals surface area contributed by atoms with Gasteiger partial charge in [-0.05, 0) is 37.0 Å². The second-order valence-electron chi connectivity index (χ2n) is 4.82. The number of rotatable bonds is 8. The van der Waals surface area contributed by atoms with Crippen LogP contribution in [0.3, 0.4) is 0 Å². The maximum atomic E-state index is 11.1. The van der Waals surface area contributed by atoms with Gasteiger partial charge in [-0.25, -0.2) is 9.78 Å². The number of aryl methyl sites for hydroxylation is 1. The first-order valence-corrected chi connectivity index (χ1v) is 8.29. The third-order valence-electron chi connectivity index (χ3n) is 3.38. The van der Waals surface area contributed by atoms with E-state index in [-0.39, 0.29) is 5.56 Å². The van der Waals surface area contributed by atoms with Crippen LogP contribution < -0.4 is 0 Å². The Labute approximate surface area is 123 Å². The van der Waals surface area contributed by atoms with Gasteiger partial charge in [0.15, 0.2) is 0 Å². The summed E-state index contributed by atoms with van der Waals surface area (Å²) in [6, 6.07) is 5.31. The van der Waals surface area contributed by atoms with Crippen molar-refractivity contribution >= 4 is 28.8 Å². The van der Waals surface area contributed by atoms with E-state index < -0.39 is 5.97 Å². The summed E-state index contributed by atoms with van der Waals surface area (Å²) in [5.41, 5.74) is 1.78. The van der Waals surface area contributed by atoms with E-state index in [1.807, 2.05) is 17.8 Å². The molecule has 0 aliphatic rings. The maximum Gasteiger partial charge on any atom is 0.337 e. The Balaban J connectivity index is 1.98. The van der Waals surface area contributed by atoms with Gasteiger partial charge in [-0.3, -0.25) is 0 Å². The number of para-hydroxylation sites is 1. The zero-order chi connectivity index (χ0) is 14.4. The highest BCUT2D eigenvalue weighted by Crippen LogP contribution is 2.18. The molecule has 0 aliphatic carbocycles. The zero-order valence-electron chi connectivity index (χ0n) is 11.7. The number of nitrogens with zero attached hydrogens (tertiary/aromatic N) is 2. The Morgan fingerprint density at radius 1 is 1.30 bits per heavy atom. The van der Waals surface area contributed by atoms with E-state index in [2.05, 4.69) is 15.8 Å². The van der Waals surface area contributed by atoms with E-state index in [4.69, 9.17) is 5.11 Å². The van der Waals surface area contributed by atoms with Gasteiger partial charge < -0.3 is 9.67 Å². The summed E-state index contributed by atoms with van der Waals surface area (Å²) in [4.78, 5) is 15.4. The number of thioether (sulfide) groups is 1. The fraction of sp³-hybridized carbons (Fsp3) is 0.467. The molecule has 0 atom stereocenters. The first-order valence-electron chi connectivity index (χ1n) is 6.90. The van der Waals surface area contributed by atoms with Crippen molar-refractivity contribution in [3.05, 3.63) is 30.1 Å². The van der Waals surface area contributed by atoms with Gasteiger partial charge in [-0.2, -0.15) is 11.8 Å². The third-order valence-corrected chi connectivity index (χ3v) is 4.08. The lowest BCUT2D eigenvalue weighted by Gasteiger charge is -2.04. The van der Waals surface area contributed by atoms with Crippen molar-refractivity contribution in [3.63, 3.8) is 0 Å². The Bertz CT molecular complexity index is 580. The Hall–Kier alpha value is -1.49. The maximum absolute atomic E-state index is 11.1. The highest BCUT2D eigenvalue weighted by molar-refractivity contribution is 7.98. The van der Waals surface area contributed by atoms with Crippen LogP contribution in [0.4, 0.5) is 0 Å². The molecule has 1 N–H and O–H groups in total. The van der Waals surface area contributed by atoms with E-state index >= 15 is 0 Å². The average molecular weight is 292 g/mol. The fourth-order valence-electron chi connectivity index (χ4n) is 2.32. The second kappa shape index (κ2) is 7.33. The quantitative estimate of drug-likeness (QED) is 0.754. The molecule has 0 unspecified atom stereocenters.